The number of rotatable bonds is 6. The summed E-state index contributed by atoms with van der Waals surface area (Å²) in [6, 6.07) is 5.54. The van der Waals surface area contributed by atoms with Gasteiger partial charge in [0.25, 0.3) is 0 Å². The van der Waals surface area contributed by atoms with E-state index in [0.717, 1.165) is 43.2 Å². The van der Waals surface area contributed by atoms with Crippen LogP contribution < -0.4 is 10.2 Å². The van der Waals surface area contributed by atoms with Crippen molar-refractivity contribution in [2.45, 2.75) is 46.1 Å². The Morgan fingerprint density at radius 3 is 2.85 bits per heavy atom. The predicted molar refractivity (Wildman–Crippen MR) is 83.7 cm³/mol. The smallest absolute Gasteiger partial charge is 0.130 e. The summed E-state index contributed by atoms with van der Waals surface area (Å²) in [7, 11) is 0. The largest absolute Gasteiger partial charge is 0.371 e. The number of nitrogens with one attached hydrogen (secondary N) is 1. The molecule has 2 unspecified atom stereocenters. The lowest BCUT2D eigenvalue weighted by molar-refractivity contribution is 0.526. The number of hydrogen-bond acceptors (Lipinski definition) is 2. The second-order valence-electron chi connectivity index (χ2n) is 5.86. The van der Waals surface area contributed by atoms with Gasteiger partial charge in [-0.05, 0) is 44.4 Å². The number of hydrogen-bond donors (Lipinski definition) is 1. The van der Waals surface area contributed by atoms with Crippen molar-refractivity contribution in [2.75, 3.05) is 24.5 Å². The topological polar surface area (TPSA) is 15.3 Å². The van der Waals surface area contributed by atoms with Gasteiger partial charge in [-0.2, -0.15) is 0 Å². The molecule has 1 aliphatic heterocycles. The van der Waals surface area contributed by atoms with E-state index in [0.29, 0.717) is 0 Å². The van der Waals surface area contributed by atoms with E-state index >= 15 is 0 Å². The second-order valence-corrected chi connectivity index (χ2v) is 5.86. The van der Waals surface area contributed by atoms with Crippen molar-refractivity contribution < 1.29 is 4.39 Å². The Balaban J connectivity index is 2.22. The number of halogens is 1. The Hall–Kier alpha value is -1.09. The standard InChI is InChI=1S/C17H27FN2/c1-4-10-19-13(3)17-15(18)7-6-8-16(17)20-11-9-14(5-2)12-20/h6-8,13-14,19H,4-5,9-12H2,1-3H3. The molecule has 1 saturated heterocycles. The first kappa shape index (κ1) is 15.3. The highest BCUT2D eigenvalue weighted by Crippen LogP contribution is 2.33. The maximum absolute atomic E-state index is 14.3. The minimum Gasteiger partial charge on any atom is -0.371 e. The third-order valence-electron chi connectivity index (χ3n) is 4.37. The maximum Gasteiger partial charge on any atom is 0.130 e. The van der Waals surface area contributed by atoms with Gasteiger partial charge in [-0.25, -0.2) is 4.39 Å². The van der Waals surface area contributed by atoms with Crippen LogP contribution in [0.15, 0.2) is 18.2 Å². The molecular weight excluding hydrogens is 251 g/mol. The van der Waals surface area contributed by atoms with Crippen LogP contribution in [0, 0.1) is 11.7 Å². The third kappa shape index (κ3) is 3.32. The normalized spacial score (nSPS) is 20.4. The van der Waals surface area contributed by atoms with Crippen LogP contribution in [-0.2, 0) is 0 Å². The first-order valence-corrected chi connectivity index (χ1v) is 7.94. The van der Waals surface area contributed by atoms with Crippen molar-refractivity contribution in [3.05, 3.63) is 29.6 Å². The number of anilines is 1. The summed E-state index contributed by atoms with van der Waals surface area (Å²) in [6.45, 7) is 9.47. The Morgan fingerprint density at radius 1 is 1.40 bits per heavy atom. The van der Waals surface area contributed by atoms with Gasteiger partial charge in [0.2, 0.25) is 0 Å². The molecule has 1 fully saturated rings. The van der Waals surface area contributed by atoms with Crippen molar-refractivity contribution in [1.29, 1.82) is 0 Å². The monoisotopic (exact) mass is 278 g/mol. The molecule has 0 spiro atoms. The van der Waals surface area contributed by atoms with E-state index < -0.39 is 0 Å². The molecule has 1 heterocycles. The van der Waals surface area contributed by atoms with Crippen molar-refractivity contribution in [3.63, 3.8) is 0 Å². The van der Waals surface area contributed by atoms with Gasteiger partial charge < -0.3 is 10.2 Å². The minimum absolute atomic E-state index is 0.0619. The zero-order chi connectivity index (χ0) is 14.5. The molecule has 1 aliphatic rings. The Bertz CT molecular complexity index is 433. The summed E-state index contributed by atoms with van der Waals surface area (Å²) in [5, 5.41) is 3.41. The zero-order valence-corrected chi connectivity index (χ0v) is 13.0. The van der Waals surface area contributed by atoms with E-state index in [2.05, 4.69) is 37.1 Å². The molecule has 1 aromatic carbocycles. The molecule has 112 valence electrons. The molecular formula is C17H27FN2. The summed E-state index contributed by atoms with van der Waals surface area (Å²) in [4.78, 5) is 2.36. The molecule has 0 saturated carbocycles. The summed E-state index contributed by atoms with van der Waals surface area (Å²) in [5.74, 6) is 0.670. The van der Waals surface area contributed by atoms with Gasteiger partial charge in [-0.15, -0.1) is 0 Å². The van der Waals surface area contributed by atoms with Gasteiger partial charge >= 0.3 is 0 Å². The van der Waals surface area contributed by atoms with Gasteiger partial charge in [0, 0.05) is 30.4 Å². The van der Waals surface area contributed by atoms with E-state index in [1.165, 1.54) is 12.8 Å². The Morgan fingerprint density at radius 2 is 2.20 bits per heavy atom. The Kier molecular flexibility index (Phi) is 5.41. The molecule has 0 aliphatic carbocycles. The van der Waals surface area contributed by atoms with Crippen molar-refractivity contribution in [2.24, 2.45) is 5.92 Å². The fourth-order valence-electron chi connectivity index (χ4n) is 3.08. The molecule has 20 heavy (non-hydrogen) atoms. The van der Waals surface area contributed by atoms with Gasteiger partial charge in [0.05, 0.1) is 0 Å². The van der Waals surface area contributed by atoms with E-state index in [1.54, 1.807) is 6.07 Å². The van der Waals surface area contributed by atoms with Crippen molar-refractivity contribution >= 4 is 5.69 Å². The lowest BCUT2D eigenvalue weighted by Crippen LogP contribution is -2.26. The highest BCUT2D eigenvalue weighted by atomic mass is 19.1. The fraction of sp³-hybridized carbons (Fsp3) is 0.647. The van der Waals surface area contributed by atoms with E-state index in [-0.39, 0.29) is 11.9 Å². The van der Waals surface area contributed by atoms with Gasteiger partial charge in [0.1, 0.15) is 5.82 Å². The van der Waals surface area contributed by atoms with Crippen LogP contribution in [0.25, 0.3) is 0 Å². The highest BCUT2D eigenvalue weighted by molar-refractivity contribution is 5.56. The van der Waals surface area contributed by atoms with Crippen molar-refractivity contribution in [1.82, 2.24) is 5.32 Å². The quantitative estimate of drug-likeness (QED) is 0.842. The summed E-state index contributed by atoms with van der Waals surface area (Å²) in [5.41, 5.74) is 1.91. The lowest BCUT2D eigenvalue weighted by atomic mass is 10.0. The zero-order valence-electron chi connectivity index (χ0n) is 13.0. The van der Waals surface area contributed by atoms with Crippen LogP contribution in [-0.4, -0.2) is 19.6 Å². The molecule has 0 bridgehead atoms. The highest BCUT2D eigenvalue weighted by Gasteiger charge is 2.25. The maximum atomic E-state index is 14.3. The van der Waals surface area contributed by atoms with Crippen LogP contribution in [0.4, 0.5) is 10.1 Å². The predicted octanol–water partition coefficient (Wildman–Crippen LogP) is 4.12. The van der Waals surface area contributed by atoms with Crippen molar-refractivity contribution in [3.8, 4) is 0 Å². The van der Waals surface area contributed by atoms with Gasteiger partial charge in [0.15, 0.2) is 0 Å². The molecule has 1 N–H and O–H groups in total. The first-order valence-electron chi connectivity index (χ1n) is 7.94. The summed E-state index contributed by atoms with van der Waals surface area (Å²) >= 11 is 0. The average molecular weight is 278 g/mol. The van der Waals surface area contributed by atoms with Crippen LogP contribution in [0.2, 0.25) is 0 Å². The van der Waals surface area contributed by atoms with E-state index in [9.17, 15) is 4.39 Å². The lowest BCUT2D eigenvalue weighted by Gasteiger charge is -2.26. The van der Waals surface area contributed by atoms with E-state index in [1.807, 2.05) is 6.07 Å². The summed E-state index contributed by atoms with van der Waals surface area (Å²) < 4.78 is 14.3. The molecule has 3 heteroatoms. The van der Waals surface area contributed by atoms with Crippen LogP contribution in [0.3, 0.4) is 0 Å². The molecule has 2 atom stereocenters. The molecule has 2 rings (SSSR count). The average Bonchev–Trinajstić information content (AvgIpc) is 2.93. The van der Waals surface area contributed by atoms with Crippen LogP contribution in [0.1, 0.15) is 51.6 Å². The first-order chi connectivity index (χ1) is 9.67. The summed E-state index contributed by atoms with van der Waals surface area (Å²) in [6.07, 6.45) is 3.50. The van der Waals surface area contributed by atoms with Gasteiger partial charge in [-0.1, -0.05) is 26.3 Å². The van der Waals surface area contributed by atoms with Gasteiger partial charge in [-0.3, -0.25) is 0 Å². The molecule has 0 amide bonds. The number of benzene rings is 1. The SMILES string of the molecule is CCCNC(C)c1c(F)cccc1N1CCC(CC)C1. The second kappa shape index (κ2) is 7.07. The number of nitrogens with zero attached hydrogens (tertiary/aromatic N) is 1. The Labute approximate surface area is 122 Å². The molecule has 2 nitrogen and oxygen atoms in total. The van der Waals surface area contributed by atoms with E-state index in [4.69, 9.17) is 0 Å². The van der Waals surface area contributed by atoms with Crippen LogP contribution in [0.5, 0.6) is 0 Å². The molecule has 0 aromatic heterocycles. The third-order valence-corrected chi connectivity index (χ3v) is 4.37. The van der Waals surface area contributed by atoms with Crippen LogP contribution >= 0.6 is 0 Å². The minimum atomic E-state index is -0.0847. The molecule has 1 aromatic rings. The molecule has 0 radical (unpaired) electrons. The fourth-order valence-corrected chi connectivity index (χ4v) is 3.08.